The van der Waals surface area contributed by atoms with Crippen LogP contribution in [0.2, 0.25) is 5.02 Å². The van der Waals surface area contributed by atoms with Gasteiger partial charge in [-0.25, -0.2) is 4.98 Å². The molecule has 3 aliphatic heterocycles. The first-order valence-electron chi connectivity index (χ1n) is 12.2. The molecule has 8 nitrogen and oxygen atoms in total. The van der Waals surface area contributed by atoms with Gasteiger partial charge in [-0.1, -0.05) is 36.7 Å². The van der Waals surface area contributed by atoms with Gasteiger partial charge in [0.1, 0.15) is 10.8 Å². The Morgan fingerprint density at radius 1 is 1.33 bits per heavy atom. The number of anilines is 4. The van der Waals surface area contributed by atoms with Crippen molar-refractivity contribution in [3.05, 3.63) is 64.3 Å². The second-order valence-electron chi connectivity index (χ2n) is 10.3. The number of nitrogens with one attached hydrogen (secondary N) is 1. The van der Waals surface area contributed by atoms with Crippen molar-refractivity contribution >= 4 is 40.7 Å². The van der Waals surface area contributed by atoms with Crippen molar-refractivity contribution in [2.75, 3.05) is 37.0 Å². The van der Waals surface area contributed by atoms with Crippen LogP contribution >= 0.6 is 11.6 Å². The first-order valence-corrected chi connectivity index (χ1v) is 12.5. The molecule has 0 bridgehead atoms. The molecule has 4 heterocycles. The van der Waals surface area contributed by atoms with Crippen molar-refractivity contribution in [3.8, 4) is 5.75 Å². The highest BCUT2D eigenvalue weighted by Gasteiger charge is 2.42. The number of rotatable bonds is 5. The number of para-hydroxylation sites is 1. The van der Waals surface area contributed by atoms with Gasteiger partial charge in [0.25, 0.3) is 0 Å². The zero-order chi connectivity index (χ0) is 25.0. The second-order valence-corrected chi connectivity index (χ2v) is 10.7. The fraction of sp³-hybridized carbons (Fsp3) is 0.370. The topological polar surface area (TPSA) is 90.8 Å². The van der Waals surface area contributed by atoms with Gasteiger partial charge in [0.05, 0.1) is 19.2 Å². The van der Waals surface area contributed by atoms with E-state index in [0.29, 0.717) is 29.3 Å². The Morgan fingerprint density at radius 2 is 2.17 bits per heavy atom. The van der Waals surface area contributed by atoms with Crippen LogP contribution in [0.5, 0.6) is 5.75 Å². The van der Waals surface area contributed by atoms with E-state index in [1.54, 1.807) is 6.20 Å². The van der Waals surface area contributed by atoms with Crippen LogP contribution in [0.4, 0.5) is 23.1 Å². The first kappa shape index (κ1) is 23.1. The van der Waals surface area contributed by atoms with Crippen molar-refractivity contribution in [2.45, 2.75) is 37.6 Å². The minimum absolute atomic E-state index is 0.0155. The summed E-state index contributed by atoms with van der Waals surface area (Å²) in [5, 5.41) is 13.3. The molecule has 3 aliphatic rings. The highest BCUT2D eigenvalue weighted by atomic mass is 35.5. The molecule has 2 aromatic carbocycles. The molecule has 0 saturated carbocycles. The smallest absolute Gasteiger partial charge is 0.304 e. The third-order valence-electron chi connectivity index (χ3n) is 7.46. The molecule has 0 fully saturated rings. The lowest BCUT2D eigenvalue weighted by Gasteiger charge is -2.36. The third kappa shape index (κ3) is 3.94. The van der Waals surface area contributed by atoms with E-state index in [4.69, 9.17) is 21.3 Å². The van der Waals surface area contributed by atoms with Crippen LogP contribution in [0.25, 0.3) is 0 Å². The summed E-state index contributed by atoms with van der Waals surface area (Å²) in [5.74, 6) is 1.57. The summed E-state index contributed by atoms with van der Waals surface area (Å²) in [6, 6.07) is 12.0. The summed E-state index contributed by atoms with van der Waals surface area (Å²) in [7, 11) is 2.15. The summed E-state index contributed by atoms with van der Waals surface area (Å²) in [6.07, 6.45) is 2.64. The van der Waals surface area contributed by atoms with E-state index in [9.17, 15) is 9.90 Å². The van der Waals surface area contributed by atoms with Gasteiger partial charge < -0.3 is 25.0 Å². The largest absolute Gasteiger partial charge is 0.493 e. The second kappa shape index (κ2) is 8.64. The SMILES string of the molecule is CN1Cc2cc(Nc3ncc(Cl)c(N4CC(C)(CC(=O)O)c5ccccc54)n3)cc3c2C(CCO3)C1. The molecule has 186 valence electrons. The van der Waals surface area contributed by atoms with Crippen LogP contribution in [0.15, 0.2) is 42.6 Å². The van der Waals surface area contributed by atoms with Crippen LogP contribution < -0.4 is 15.0 Å². The lowest BCUT2D eigenvalue weighted by Crippen LogP contribution is -2.33. The van der Waals surface area contributed by atoms with Crippen LogP contribution in [-0.4, -0.2) is 52.7 Å². The van der Waals surface area contributed by atoms with E-state index in [0.717, 1.165) is 48.8 Å². The maximum absolute atomic E-state index is 11.6. The van der Waals surface area contributed by atoms with Crippen LogP contribution in [0, 0.1) is 0 Å². The minimum atomic E-state index is -0.836. The molecule has 1 aromatic heterocycles. The fourth-order valence-electron chi connectivity index (χ4n) is 5.99. The zero-order valence-corrected chi connectivity index (χ0v) is 21.0. The summed E-state index contributed by atoms with van der Waals surface area (Å²) in [6.45, 7) is 5.07. The van der Waals surface area contributed by atoms with Gasteiger partial charge in [-0.2, -0.15) is 4.98 Å². The van der Waals surface area contributed by atoms with Crippen molar-refractivity contribution in [1.82, 2.24) is 14.9 Å². The Bertz CT molecular complexity index is 1370. The standard InChI is InChI=1S/C27H28ClN5O3/c1-27(11-23(34)35)15-33(21-6-4-3-5-19(21)27)25-20(28)12-29-26(31-25)30-18-9-17-14-32(2)13-16-7-8-36-22(10-18)24(16)17/h3-6,9-10,12,16H,7-8,11,13-15H2,1-2H3,(H,34,35)(H,29,30,31). The number of fused-ring (bicyclic) bond motifs is 1. The Kier molecular flexibility index (Phi) is 5.53. The molecular formula is C27H28ClN5O3. The number of carboxylic acid groups (broad SMARTS) is 1. The van der Waals surface area contributed by atoms with E-state index in [-0.39, 0.29) is 6.42 Å². The van der Waals surface area contributed by atoms with E-state index in [2.05, 4.69) is 28.3 Å². The van der Waals surface area contributed by atoms with Crippen molar-refractivity contribution in [3.63, 3.8) is 0 Å². The molecule has 0 saturated heterocycles. The summed E-state index contributed by atoms with van der Waals surface area (Å²) >= 11 is 6.59. The van der Waals surface area contributed by atoms with Gasteiger partial charge in [0, 0.05) is 54.0 Å². The predicted molar refractivity (Wildman–Crippen MR) is 139 cm³/mol. The molecule has 0 radical (unpaired) electrons. The van der Waals surface area contributed by atoms with Gasteiger partial charge in [-0.05, 0) is 36.7 Å². The number of ether oxygens (including phenoxy) is 1. The number of carboxylic acids is 1. The van der Waals surface area contributed by atoms with Gasteiger partial charge in [0.2, 0.25) is 5.95 Å². The predicted octanol–water partition coefficient (Wildman–Crippen LogP) is 5.07. The number of likely N-dealkylation sites (N-methyl/N-ethyl adjacent to an activating group) is 1. The number of halogens is 1. The molecule has 3 aromatic rings. The molecule has 2 N–H and O–H groups in total. The van der Waals surface area contributed by atoms with Crippen molar-refractivity contribution in [1.29, 1.82) is 0 Å². The molecule has 0 spiro atoms. The van der Waals surface area contributed by atoms with Crippen LogP contribution in [0.3, 0.4) is 0 Å². The quantitative estimate of drug-likeness (QED) is 0.496. The van der Waals surface area contributed by atoms with Crippen molar-refractivity contribution in [2.24, 2.45) is 0 Å². The highest BCUT2D eigenvalue weighted by Crippen LogP contribution is 2.47. The lowest BCUT2D eigenvalue weighted by molar-refractivity contribution is -0.138. The molecule has 6 rings (SSSR count). The number of hydrogen-bond donors (Lipinski definition) is 2. The molecule has 36 heavy (non-hydrogen) atoms. The minimum Gasteiger partial charge on any atom is -0.493 e. The Balaban J connectivity index is 1.34. The molecule has 2 atom stereocenters. The highest BCUT2D eigenvalue weighted by molar-refractivity contribution is 6.33. The van der Waals surface area contributed by atoms with Gasteiger partial charge in [-0.3, -0.25) is 4.79 Å². The summed E-state index contributed by atoms with van der Waals surface area (Å²) in [4.78, 5) is 25.2. The average Bonchev–Trinajstić information content (AvgIpc) is 3.12. The summed E-state index contributed by atoms with van der Waals surface area (Å²) < 4.78 is 6.02. The first-order chi connectivity index (χ1) is 17.3. The summed E-state index contributed by atoms with van der Waals surface area (Å²) in [5.41, 5.74) is 4.78. The molecule has 0 aliphatic carbocycles. The van der Waals surface area contributed by atoms with Crippen LogP contribution in [0.1, 0.15) is 42.4 Å². The Morgan fingerprint density at radius 3 is 3.00 bits per heavy atom. The number of benzene rings is 2. The molecule has 0 amide bonds. The van der Waals surface area contributed by atoms with Gasteiger partial charge in [-0.15, -0.1) is 0 Å². The van der Waals surface area contributed by atoms with E-state index < -0.39 is 11.4 Å². The monoisotopic (exact) mass is 505 g/mol. The van der Waals surface area contributed by atoms with Crippen molar-refractivity contribution < 1.29 is 14.6 Å². The average molecular weight is 506 g/mol. The van der Waals surface area contributed by atoms with E-state index in [1.807, 2.05) is 42.2 Å². The maximum Gasteiger partial charge on any atom is 0.304 e. The molecular weight excluding hydrogens is 478 g/mol. The number of aromatic nitrogens is 2. The normalized spacial score (nSPS) is 22.5. The van der Waals surface area contributed by atoms with E-state index >= 15 is 0 Å². The Labute approximate surface area is 214 Å². The van der Waals surface area contributed by atoms with Gasteiger partial charge >= 0.3 is 5.97 Å². The number of hydrogen-bond acceptors (Lipinski definition) is 7. The fourth-order valence-corrected chi connectivity index (χ4v) is 6.18. The molecule has 9 heteroatoms. The number of carbonyl (C=O) groups is 1. The zero-order valence-electron chi connectivity index (χ0n) is 20.3. The number of aliphatic carboxylic acids is 1. The Hall–Kier alpha value is -3.36. The van der Waals surface area contributed by atoms with Crippen LogP contribution in [-0.2, 0) is 16.8 Å². The third-order valence-corrected chi connectivity index (χ3v) is 7.73. The number of nitrogens with zero attached hydrogens (tertiary/aromatic N) is 4. The lowest BCUT2D eigenvalue weighted by atomic mass is 9.81. The maximum atomic E-state index is 11.6. The molecule has 2 unspecified atom stereocenters. The van der Waals surface area contributed by atoms with Gasteiger partial charge in [0.15, 0.2) is 5.82 Å². The van der Waals surface area contributed by atoms with E-state index in [1.165, 1.54) is 11.1 Å².